The molecule has 1 N–H and O–H groups in total. The number of methoxy groups -OCH3 is 1. The Hall–Kier alpha value is -0.570. The standard InChI is InChI=1S/C13H23NO2/c1-3-10-6-7-13(8-10,12(15)16-2)14-9-11-4-5-11/h10-11,14H,3-9H2,1-2H3. The second-order valence-electron chi connectivity index (χ2n) is 5.42. The Bertz CT molecular complexity index is 263. The number of hydrogen-bond donors (Lipinski definition) is 1. The van der Waals surface area contributed by atoms with Crippen molar-refractivity contribution in [3.8, 4) is 0 Å². The van der Waals surface area contributed by atoms with Crippen LogP contribution in [-0.2, 0) is 9.53 Å². The molecule has 2 aliphatic rings. The Labute approximate surface area is 97.9 Å². The molecule has 2 rings (SSSR count). The largest absolute Gasteiger partial charge is 0.468 e. The molecule has 0 heterocycles. The Balaban J connectivity index is 1.97. The van der Waals surface area contributed by atoms with Crippen LogP contribution in [0.15, 0.2) is 0 Å². The SMILES string of the molecule is CCC1CCC(NCC2CC2)(C(=O)OC)C1. The summed E-state index contributed by atoms with van der Waals surface area (Å²) in [6.07, 6.45) is 6.88. The van der Waals surface area contributed by atoms with Crippen molar-refractivity contribution in [2.75, 3.05) is 13.7 Å². The van der Waals surface area contributed by atoms with Crippen LogP contribution in [0.5, 0.6) is 0 Å². The van der Waals surface area contributed by atoms with Crippen molar-refractivity contribution in [2.24, 2.45) is 11.8 Å². The first-order valence-corrected chi connectivity index (χ1v) is 6.53. The van der Waals surface area contributed by atoms with Gasteiger partial charge in [-0.05, 0) is 50.5 Å². The summed E-state index contributed by atoms with van der Waals surface area (Å²) in [5.41, 5.74) is -0.363. The van der Waals surface area contributed by atoms with Crippen molar-refractivity contribution in [3.63, 3.8) is 0 Å². The average molecular weight is 225 g/mol. The molecule has 2 fully saturated rings. The fraction of sp³-hybridized carbons (Fsp3) is 0.923. The van der Waals surface area contributed by atoms with E-state index in [0.717, 1.165) is 31.7 Å². The molecule has 0 bridgehead atoms. The molecule has 0 aromatic rings. The lowest BCUT2D eigenvalue weighted by atomic mass is 9.94. The van der Waals surface area contributed by atoms with Crippen molar-refractivity contribution in [2.45, 2.75) is 51.0 Å². The van der Waals surface area contributed by atoms with E-state index in [1.54, 1.807) is 0 Å². The Morgan fingerprint density at radius 1 is 1.38 bits per heavy atom. The second-order valence-corrected chi connectivity index (χ2v) is 5.42. The molecular weight excluding hydrogens is 202 g/mol. The molecular formula is C13H23NO2. The molecule has 0 amide bonds. The molecule has 3 heteroatoms. The first kappa shape index (κ1) is 11.9. The predicted molar refractivity (Wildman–Crippen MR) is 63.1 cm³/mol. The molecule has 92 valence electrons. The molecule has 16 heavy (non-hydrogen) atoms. The number of nitrogens with one attached hydrogen (secondary N) is 1. The molecule has 0 spiro atoms. The fourth-order valence-corrected chi connectivity index (χ4v) is 2.77. The van der Waals surface area contributed by atoms with Gasteiger partial charge in [0.2, 0.25) is 0 Å². The number of hydrogen-bond acceptors (Lipinski definition) is 3. The number of rotatable bonds is 5. The lowest BCUT2D eigenvalue weighted by molar-refractivity contribution is -0.148. The van der Waals surface area contributed by atoms with Gasteiger partial charge in [-0.2, -0.15) is 0 Å². The smallest absolute Gasteiger partial charge is 0.326 e. The van der Waals surface area contributed by atoms with Crippen LogP contribution in [0.2, 0.25) is 0 Å². The van der Waals surface area contributed by atoms with Crippen molar-refractivity contribution < 1.29 is 9.53 Å². The van der Waals surface area contributed by atoms with Gasteiger partial charge in [0.1, 0.15) is 5.54 Å². The normalized spacial score (nSPS) is 34.0. The number of esters is 1. The summed E-state index contributed by atoms with van der Waals surface area (Å²) >= 11 is 0. The highest BCUT2D eigenvalue weighted by Gasteiger charge is 2.46. The zero-order valence-electron chi connectivity index (χ0n) is 10.4. The predicted octanol–water partition coefficient (Wildman–Crippen LogP) is 2.11. The van der Waals surface area contributed by atoms with Gasteiger partial charge in [0, 0.05) is 0 Å². The van der Waals surface area contributed by atoms with Gasteiger partial charge < -0.3 is 10.1 Å². The summed E-state index contributed by atoms with van der Waals surface area (Å²) < 4.78 is 4.98. The summed E-state index contributed by atoms with van der Waals surface area (Å²) in [6, 6.07) is 0. The minimum absolute atomic E-state index is 0.0518. The topological polar surface area (TPSA) is 38.3 Å². The number of ether oxygens (including phenoxy) is 1. The zero-order valence-corrected chi connectivity index (χ0v) is 10.4. The van der Waals surface area contributed by atoms with Crippen LogP contribution in [0.4, 0.5) is 0 Å². The first-order valence-electron chi connectivity index (χ1n) is 6.53. The highest BCUT2D eigenvalue weighted by atomic mass is 16.5. The third-order valence-corrected chi connectivity index (χ3v) is 4.20. The summed E-state index contributed by atoms with van der Waals surface area (Å²) in [6.45, 7) is 3.20. The van der Waals surface area contributed by atoms with Crippen LogP contribution in [0.1, 0.15) is 45.4 Å². The summed E-state index contributed by atoms with van der Waals surface area (Å²) in [5, 5.41) is 3.50. The first-order chi connectivity index (χ1) is 7.70. The minimum atomic E-state index is -0.363. The summed E-state index contributed by atoms with van der Waals surface area (Å²) in [5.74, 6) is 1.44. The van der Waals surface area contributed by atoms with Crippen LogP contribution in [-0.4, -0.2) is 25.2 Å². The molecule has 2 atom stereocenters. The Morgan fingerprint density at radius 2 is 2.12 bits per heavy atom. The number of carbonyl (C=O) groups is 1. The summed E-state index contributed by atoms with van der Waals surface area (Å²) in [7, 11) is 1.50. The van der Waals surface area contributed by atoms with Gasteiger partial charge in [-0.3, -0.25) is 4.79 Å². The quantitative estimate of drug-likeness (QED) is 0.728. The maximum Gasteiger partial charge on any atom is 0.326 e. The number of carbonyl (C=O) groups excluding carboxylic acids is 1. The van der Waals surface area contributed by atoms with E-state index in [1.165, 1.54) is 26.4 Å². The summed E-state index contributed by atoms with van der Waals surface area (Å²) in [4.78, 5) is 11.9. The van der Waals surface area contributed by atoms with Crippen molar-refractivity contribution >= 4 is 5.97 Å². The third kappa shape index (κ3) is 2.40. The van der Waals surface area contributed by atoms with Gasteiger partial charge in [-0.15, -0.1) is 0 Å². The van der Waals surface area contributed by atoms with Crippen LogP contribution in [0.25, 0.3) is 0 Å². The lowest BCUT2D eigenvalue weighted by Gasteiger charge is -2.28. The van der Waals surface area contributed by atoms with Crippen molar-refractivity contribution in [3.05, 3.63) is 0 Å². The second kappa shape index (κ2) is 4.74. The van der Waals surface area contributed by atoms with E-state index < -0.39 is 0 Å². The average Bonchev–Trinajstić information content (AvgIpc) is 3.05. The van der Waals surface area contributed by atoms with Gasteiger partial charge in [-0.25, -0.2) is 0 Å². The van der Waals surface area contributed by atoms with Gasteiger partial charge >= 0.3 is 5.97 Å². The maximum atomic E-state index is 11.9. The lowest BCUT2D eigenvalue weighted by Crippen LogP contribution is -2.51. The van der Waals surface area contributed by atoms with E-state index >= 15 is 0 Å². The van der Waals surface area contributed by atoms with Crippen LogP contribution < -0.4 is 5.32 Å². The van der Waals surface area contributed by atoms with E-state index in [2.05, 4.69) is 12.2 Å². The van der Waals surface area contributed by atoms with E-state index in [9.17, 15) is 4.79 Å². The third-order valence-electron chi connectivity index (χ3n) is 4.20. The van der Waals surface area contributed by atoms with Gasteiger partial charge in [0.25, 0.3) is 0 Å². The highest BCUT2D eigenvalue weighted by Crippen LogP contribution is 2.38. The monoisotopic (exact) mass is 225 g/mol. The Kier molecular flexibility index (Phi) is 3.53. The van der Waals surface area contributed by atoms with Crippen molar-refractivity contribution in [1.29, 1.82) is 0 Å². The van der Waals surface area contributed by atoms with Gasteiger partial charge in [0.05, 0.1) is 7.11 Å². The molecule has 2 aliphatic carbocycles. The van der Waals surface area contributed by atoms with Gasteiger partial charge in [0.15, 0.2) is 0 Å². The zero-order chi connectivity index (χ0) is 11.6. The van der Waals surface area contributed by atoms with Crippen molar-refractivity contribution in [1.82, 2.24) is 5.32 Å². The maximum absolute atomic E-state index is 11.9. The molecule has 3 nitrogen and oxygen atoms in total. The van der Waals surface area contributed by atoms with Crippen LogP contribution >= 0.6 is 0 Å². The van der Waals surface area contributed by atoms with E-state index in [-0.39, 0.29) is 11.5 Å². The van der Waals surface area contributed by atoms with E-state index in [1.807, 2.05) is 0 Å². The van der Waals surface area contributed by atoms with Crippen LogP contribution in [0, 0.1) is 11.8 Å². The molecule has 0 aromatic heterocycles. The molecule has 2 saturated carbocycles. The molecule has 0 radical (unpaired) electrons. The molecule has 0 aliphatic heterocycles. The highest BCUT2D eigenvalue weighted by molar-refractivity contribution is 5.81. The molecule has 0 saturated heterocycles. The van der Waals surface area contributed by atoms with E-state index in [4.69, 9.17) is 4.74 Å². The minimum Gasteiger partial charge on any atom is -0.468 e. The van der Waals surface area contributed by atoms with Gasteiger partial charge in [-0.1, -0.05) is 13.3 Å². The molecule has 2 unspecified atom stereocenters. The van der Waals surface area contributed by atoms with Crippen LogP contribution in [0.3, 0.4) is 0 Å². The fourth-order valence-electron chi connectivity index (χ4n) is 2.77. The molecule has 0 aromatic carbocycles. The Morgan fingerprint density at radius 3 is 2.62 bits per heavy atom. The van der Waals surface area contributed by atoms with E-state index in [0.29, 0.717) is 5.92 Å².